The summed E-state index contributed by atoms with van der Waals surface area (Å²) < 4.78 is 46.2. The average Bonchev–Trinajstić information content (AvgIpc) is 4.01. The zero-order valence-electron chi connectivity index (χ0n) is 37.9. The normalized spacial score (nSPS) is 17.6. The molecule has 0 aliphatic carbocycles. The van der Waals surface area contributed by atoms with E-state index in [0.29, 0.717) is 36.6 Å². The number of nitrogens with two attached hydrogens (primary N) is 1. The number of thiophene rings is 1. The van der Waals surface area contributed by atoms with Crippen LogP contribution in [-0.4, -0.2) is 87.3 Å². The monoisotopic (exact) mass is 1080 g/mol. The van der Waals surface area contributed by atoms with E-state index < -0.39 is 61.2 Å². The maximum Gasteiger partial charge on any atom is 0.338 e. The molecule has 0 spiro atoms. The number of carbonyl (C=O) groups excluding carboxylic acids is 4. The number of nitrogens with zero attached hydrogens (tertiary/aromatic N) is 4. The third-order valence-corrected chi connectivity index (χ3v) is 13.1. The van der Waals surface area contributed by atoms with Gasteiger partial charge in [0, 0.05) is 18.0 Å². The number of anilines is 1. The second-order valence-electron chi connectivity index (χ2n) is 16.2. The van der Waals surface area contributed by atoms with Crippen molar-refractivity contribution in [2.24, 2.45) is 0 Å². The Labute approximate surface area is 421 Å². The van der Waals surface area contributed by atoms with Crippen molar-refractivity contribution in [3.05, 3.63) is 170 Å². The van der Waals surface area contributed by atoms with Gasteiger partial charge in [0.05, 0.1) is 31.5 Å². The third kappa shape index (κ3) is 13.3. The van der Waals surface area contributed by atoms with Crippen LogP contribution in [-0.2, 0) is 41.6 Å². The fraction of sp³-hybridized carbons (Fsp3) is 0.288. The summed E-state index contributed by atoms with van der Waals surface area (Å²) in [5.74, 6) is -2.53. The summed E-state index contributed by atoms with van der Waals surface area (Å²) in [6.45, 7) is 0.753. The molecular weight excluding hydrogens is 1030 g/mol. The van der Waals surface area contributed by atoms with Crippen molar-refractivity contribution < 1.29 is 52.3 Å². The predicted octanol–water partition coefficient (Wildman–Crippen LogP) is 9.27. The van der Waals surface area contributed by atoms with Gasteiger partial charge in [-0.25, -0.2) is 24.2 Å². The topological polar surface area (TPSA) is 203 Å². The highest BCUT2D eigenvalue weighted by Gasteiger charge is 2.53. The van der Waals surface area contributed by atoms with Crippen LogP contribution in [0.4, 0.5) is 5.95 Å². The second-order valence-corrected chi connectivity index (χ2v) is 19.3. The molecule has 4 heterocycles. The summed E-state index contributed by atoms with van der Waals surface area (Å²) in [5.41, 5.74) is 8.12. The molecule has 70 heavy (non-hydrogen) atoms. The molecule has 0 radical (unpaired) electrons. The summed E-state index contributed by atoms with van der Waals surface area (Å²) in [6, 6.07) is 37.1. The van der Waals surface area contributed by atoms with Gasteiger partial charge in [0.25, 0.3) is 0 Å². The third-order valence-electron chi connectivity index (χ3n) is 11.2. The highest BCUT2D eigenvalue weighted by Crippen LogP contribution is 2.32. The van der Waals surface area contributed by atoms with Crippen LogP contribution in [0.3, 0.4) is 0 Å². The number of benzene rings is 4. The Morgan fingerprint density at radius 3 is 1.73 bits per heavy atom. The largest absolute Gasteiger partial charge is 0.470 e. The molecule has 1 saturated heterocycles. The van der Waals surface area contributed by atoms with Gasteiger partial charge in [-0.2, -0.15) is 9.97 Å². The first-order chi connectivity index (χ1) is 34.2. The maximum absolute atomic E-state index is 13.9. The van der Waals surface area contributed by atoms with Crippen LogP contribution in [0.2, 0.25) is 0 Å². The lowest BCUT2D eigenvalue weighted by molar-refractivity contribution is -0.298. The summed E-state index contributed by atoms with van der Waals surface area (Å²) in [6.07, 6.45) is -0.260. The Morgan fingerprint density at radius 2 is 1.16 bits per heavy atom. The lowest BCUT2D eigenvalue weighted by atomic mass is 9.97. The number of nitrogen functional groups attached to an aromatic ring is 1. The molecule has 0 saturated carbocycles. The van der Waals surface area contributed by atoms with Crippen LogP contribution < -0.4 is 10.5 Å². The number of ether oxygens (including phenoxy) is 7. The minimum atomic E-state index is -1.50. The molecule has 1 aliphatic rings. The quantitative estimate of drug-likeness (QED) is 0.0291. The van der Waals surface area contributed by atoms with Crippen molar-refractivity contribution in [2.75, 3.05) is 18.9 Å². The van der Waals surface area contributed by atoms with Crippen LogP contribution in [0.15, 0.2) is 140 Å². The van der Waals surface area contributed by atoms with Crippen molar-refractivity contribution in [3.63, 3.8) is 0 Å². The van der Waals surface area contributed by atoms with E-state index >= 15 is 0 Å². The molecule has 1 aliphatic heterocycles. The van der Waals surface area contributed by atoms with Gasteiger partial charge in [-0.15, -0.1) is 11.3 Å². The second kappa shape index (κ2) is 24.7. The minimum absolute atomic E-state index is 0.114. The SMILES string of the molecule is Nc1nc(OCc2ccc(I)s2)c2ncn(CCCCCCCCO[C@@H]3O[C@H](COC(=O)c4ccccc4)[C@@H](OC(=O)c4ccccc4)[C@H](OC(=O)c4ccccc4)[C@H]3OC(=O)c3ccccc3)c2n1. The number of imidazole rings is 1. The molecule has 5 atom stereocenters. The fourth-order valence-electron chi connectivity index (χ4n) is 7.72. The van der Waals surface area contributed by atoms with E-state index in [9.17, 15) is 19.2 Å². The zero-order chi connectivity index (χ0) is 48.7. The summed E-state index contributed by atoms with van der Waals surface area (Å²) >= 11 is 3.92. The van der Waals surface area contributed by atoms with E-state index in [-0.39, 0.29) is 34.8 Å². The maximum atomic E-state index is 13.9. The van der Waals surface area contributed by atoms with Crippen LogP contribution in [0.5, 0.6) is 5.88 Å². The van der Waals surface area contributed by atoms with E-state index in [1.54, 1.807) is 139 Å². The number of hydrogen-bond acceptors (Lipinski definition) is 16. The van der Waals surface area contributed by atoms with Crippen LogP contribution in [0.1, 0.15) is 84.8 Å². The number of aryl methyl sites for hydroxylation is 1. The Morgan fingerprint density at radius 1 is 0.629 bits per heavy atom. The van der Waals surface area contributed by atoms with Crippen molar-refractivity contribution in [2.45, 2.75) is 82.4 Å². The van der Waals surface area contributed by atoms with Gasteiger partial charge in [0.2, 0.25) is 11.8 Å². The predicted molar refractivity (Wildman–Crippen MR) is 267 cm³/mol. The Balaban J connectivity index is 0.944. The lowest BCUT2D eigenvalue weighted by Crippen LogP contribution is -2.63. The van der Waals surface area contributed by atoms with E-state index in [0.717, 1.165) is 37.0 Å². The first-order valence-electron chi connectivity index (χ1n) is 22.8. The first kappa shape index (κ1) is 49.7. The number of halogens is 1. The molecule has 18 heteroatoms. The smallest absolute Gasteiger partial charge is 0.338 e. The number of carbonyl (C=O) groups is 4. The molecular formula is C52H50IN5O11S. The van der Waals surface area contributed by atoms with Crippen molar-refractivity contribution in [1.82, 2.24) is 19.5 Å². The van der Waals surface area contributed by atoms with Gasteiger partial charge in [-0.1, -0.05) is 98.5 Å². The van der Waals surface area contributed by atoms with E-state index in [1.165, 1.54) is 2.88 Å². The van der Waals surface area contributed by atoms with Gasteiger partial charge in [0.15, 0.2) is 35.8 Å². The van der Waals surface area contributed by atoms with Crippen LogP contribution >= 0.6 is 33.9 Å². The standard InChI is InChI=1S/C52H50IN5O11S/c53-40-28-27-38(70-40)31-64-46-41-45(56-52(54)57-46)58(33-55-41)29-17-3-1-2-4-18-30-63-51-44(69-50(62)37-25-15-8-16-26-37)43(68-49(61)36-23-13-7-14-24-36)42(67-48(60)35-21-11-6-12-22-35)39(66-51)32-65-47(59)34-19-9-5-10-20-34/h5-16,19-28,33,39,42-44,51H,1-4,17-18,29-32H2,(H2,54,56,57)/t39-,42-,43+,44-,51-/m1/s1. The van der Waals surface area contributed by atoms with Gasteiger partial charge in [-0.3, -0.25) is 0 Å². The summed E-state index contributed by atoms with van der Waals surface area (Å²) in [4.78, 5) is 69.2. The summed E-state index contributed by atoms with van der Waals surface area (Å²) in [7, 11) is 0. The first-order valence-corrected chi connectivity index (χ1v) is 24.7. The van der Waals surface area contributed by atoms with E-state index in [4.69, 9.17) is 38.9 Å². The highest BCUT2D eigenvalue weighted by molar-refractivity contribution is 14.1. The van der Waals surface area contributed by atoms with Gasteiger partial charge in [-0.05, 0) is 96.1 Å². The number of aromatic nitrogens is 4. The molecule has 4 aromatic carbocycles. The molecule has 362 valence electrons. The molecule has 7 aromatic rings. The molecule has 3 aromatic heterocycles. The highest BCUT2D eigenvalue weighted by atomic mass is 127. The number of hydrogen-bond donors (Lipinski definition) is 1. The van der Waals surface area contributed by atoms with E-state index in [1.807, 2.05) is 16.7 Å². The summed E-state index contributed by atoms with van der Waals surface area (Å²) in [5, 5.41) is 0. The number of esters is 4. The molecule has 0 bridgehead atoms. The van der Waals surface area contributed by atoms with Gasteiger partial charge in [0.1, 0.15) is 19.3 Å². The van der Waals surface area contributed by atoms with E-state index in [2.05, 4.69) is 37.5 Å². The van der Waals surface area contributed by atoms with Gasteiger partial charge >= 0.3 is 23.9 Å². The van der Waals surface area contributed by atoms with Crippen LogP contribution in [0.25, 0.3) is 11.2 Å². The Bertz CT molecular complexity index is 2820. The molecule has 16 nitrogen and oxygen atoms in total. The van der Waals surface area contributed by atoms with Crippen molar-refractivity contribution >= 4 is 74.9 Å². The number of unbranched alkanes of at least 4 members (excludes halogenated alkanes) is 5. The zero-order valence-corrected chi connectivity index (χ0v) is 40.9. The lowest BCUT2D eigenvalue weighted by Gasteiger charge is -2.44. The molecule has 8 rings (SSSR count). The minimum Gasteiger partial charge on any atom is -0.470 e. The van der Waals surface area contributed by atoms with Crippen molar-refractivity contribution in [3.8, 4) is 5.88 Å². The number of fused-ring (bicyclic) bond motifs is 1. The molecule has 1 fully saturated rings. The molecule has 0 unspecified atom stereocenters. The number of rotatable bonds is 22. The Hall–Kier alpha value is -6.74. The van der Waals surface area contributed by atoms with Gasteiger partial charge < -0.3 is 43.5 Å². The molecule has 2 N–H and O–H groups in total. The van der Waals surface area contributed by atoms with Crippen molar-refractivity contribution in [1.29, 1.82) is 0 Å². The fourth-order valence-corrected chi connectivity index (χ4v) is 9.39. The Kier molecular flexibility index (Phi) is 17.5. The average molecular weight is 1080 g/mol. The molecule has 0 amide bonds. The van der Waals surface area contributed by atoms with Crippen LogP contribution in [0, 0.1) is 2.88 Å².